The summed E-state index contributed by atoms with van der Waals surface area (Å²) in [5.41, 5.74) is 7.84. The zero-order valence-corrected chi connectivity index (χ0v) is 14.9. The molecule has 0 fully saturated rings. The van der Waals surface area contributed by atoms with Crippen molar-refractivity contribution in [3.05, 3.63) is 17.0 Å². The highest BCUT2D eigenvalue weighted by Crippen LogP contribution is 2.16. The minimum atomic E-state index is 0. The minimum absolute atomic E-state index is 0. The van der Waals surface area contributed by atoms with Crippen molar-refractivity contribution >= 4 is 29.9 Å². The maximum absolute atomic E-state index is 5.84. The van der Waals surface area contributed by atoms with Gasteiger partial charge < -0.3 is 20.3 Å². The van der Waals surface area contributed by atoms with Crippen molar-refractivity contribution in [3.8, 4) is 0 Å². The molecule has 0 aromatic carbocycles. The van der Waals surface area contributed by atoms with Gasteiger partial charge in [0, 0.05) is 25.1 Å². The number of nitrogens with two attached hydrogens (primary N) is 1. The van der Waals surface area contributed by atoms with Gasteiger partial charge in [-0.15, -0.1) is 24.0 Å². The SMILES string of the molecule is CCc1noc(CC)c1CN=C(N)NC(C)COC.I. The first-order valence-electron chi connectivity index (χ1n) is 6.63. The molecule has 0 aliphatic carbocycles. The average Bonchev–Trinajstić information content (AvgIpc) is 2.78. The van der Waals surface area contributed by atoms with Gasteiger partial charge >= 0.3 is 0 Å². The van der Waals surface area contributed by atoms with Gasteiger partial charge in [-0.2, -0.15) is 0 Å². The number of methoxy groups -OCH3 is 1. The third kappa shape index (κ3) is 5.66. The third-order valence-electron chi connectivity index (χ3n) is 2.83. The maximum Gasteiger partial charge on any atom is 0.189 e. The lowest BCUT2D eigenvalue weighted by molar-refractivity contribution is 0.179. The number of guanidine groups is 1. The van der Waals surface area contributed by atoms with Crippen molar-refractivity contribution in [2.24, 2.45) is 10.7 Å². The van der Waals surface area contributed by atoms with E-state index in [1.165, 1.54) is 0 Å². The van der Waals surface area contributed by atoms with Gasteiger partial charge in [0.2, 0.25) is 0 Å². The van der Waals surface area contributed by atoms with Crippen LogP contribution in [-0.2, 0) is 24.1 Å². The van der Waals surface area contributed by atoms with Crippen LogP contribution in [-0.4, -0.2) is 30.9 Å². The molecule has 1 atom stereocenters. The van der Waals surface area contributed by atoms with Crippen LogP contribution in [0.4, 0.5) is 0 Å². The molecule has 20 heavy (non-hydrogen) atoms. The second kappa shape index (κ2) is 9.98. The van der Waals surface area contributed by atoms with Crippen molar-refractivity contribution in [2.45, 2.75) is 46.2 Å². The summed E-state index contributed by atoms with van der Waals surface area (Å²) in [4.78, 5) is 4.33. The van der Waals surface area contributed by atoms with Gasteiger partial charge in [-0.25, -0.2) is 4.99 Å². The fraction of sp³-hybridized carbons (Fsp3) is 0.692. The standard InChI is InChI=1S/C13H24N4O2.HI/c1-5-11-10(12(6-2)19-17-11)7-15-13(14)16-9(3)8-18-4;/h9H,5-8H2,1-4H3,(H3,14,15,16);1H. The molecular weight excluding hydrogens is 371 g/mol. The fourth-order valence-corrected chi connectivity index (χ4v) is 1.87. The van der Waals surface area contributed by atoms with Crippen molar-refractivity contribution in [2.75, 3.05) is 13.7 Å². The summed E-state index contributed by atoms with van der Waals surface area (Å²) in [6.07, 6.45) is 1.65. The van der Waals surface area contributed by atoms with Crippen LogP contribution in [0.5, 0.6) is 0 Å². The lowest BCUT2D eigenvalue weighted by Crippen LogP contribution is -2.40. The maximum atomic E-state index is 5.84. The Kier molecular flexibility index (Phi) is 9.56. The lowest BCUT2D eigenvalue weighted by Gasteiger charge is -2.13. The number of nitrogens with one attached hydrogen (secondary N) is 1. The van der Waals surface area contributed by atoms with Crippen molar-refractivity contribution < 1.29 is 9.26 Å². The van der Waals surface area contributed by atoms with Crippen LogP contribution in [0.1, 0.15) is 37.8 Å². The number of nitrogens with zero attached hydrogens (tertiary/aromatic N) is 2. The van der Waals surface area contributed by atoms with Gasteiger partial charge in [-0.1, -0.05) is 19.0 Å². The van der Waals surface area contributed by atoms with Crippen molar-refractivity contribution in [1.82, 2.24) is 10.5 Å². The molecule has 6 nitrogen and oxygen atoms in total. The van der Waals surface area contributed by atoms with Gasteiger partial charge in [0.1, 0.15) is 5.76 Å². The van der Waals surface area contributed by atoms with Gasteiger partial charge in [0.25, 0.3) is 0 Å². The summed E-state index contributed by atoms with van der Waals surface area (Å²) in [5, 5.41) is 7.12. The first kappa shape index (κ1) is 19.2. The van der Waals surface area contributed by atoms with E-state index in [0.717, 1.165) is 29.9 Å². The van der Waals surface area contributed by atoms with E-state index in [2.05, 4.69) is 15.5 Å². The number of aliphatic imine (C=N–C) groups is 1. The molecule has 0 bridgehead atoms. The molecule has 1 aromatic heterocycles. The van der Waals surface area contributed by atoms with Gasteiger partial charge in [-0.05, 0) is 13.3 Å². The second-order valence-corrected chi connectivity index (χ2v) is 4.44. The molecule has 1 rings (SSSR count). The van der Waals surface area contributed by atoms with Crippen LogP contribution in [0.3, 0.4) is 0 Å². The molecule has 0 spiro atoms. The summed E-state index contributed by atoms with van der Waals surface area (Å²) < 4.78 is 10.3. The molecule has 1 aromatic rings. The summed E-state index contributed by atoms with van der Waals surface area (Å²) in [6.45, 7) is 7.15. The predicted molar refractivity (Wildman–Crippen MR) is 90.5 cm³/mol. The average molecular weight is 396 g/mol. The Hall–Kier alpha value is -0.830. The highest BCUT2D eigenvalue weighted by atomic mass is 127. The number of hydrogen-bond acceptors (Lipinski definition) is 4. The van der Waals surface area contributed by atoms with Gasteiger partial charge in [-0.3, -0.25) is 0 Å². The molecule has 0 aliphatic heterocycles. The van der Waals surface area contributed by atoms with Gasteiger partial charge in [0.05, 0.1) is 18.8 Å². The monoisotopic (exact) mass is 396 g/mol. The van der Waals surface area contributed by atoms with Crippen LogP contribution in [0.25, 0.3) is 0 Å². The third-order valence-corrected chi connectivity index (χ3v) is 2.83. The molecule has 116 valence electrons. The normalized spacial score (nSPS) is 12.9. The summed E-state index contributed by atoms with van der Waals surface area (Å²) in [7, 11) is 1.66. The highest BCUT2D eigenvalue weighted by Gasteiger charge is 2.12. The molecule has 0 aliphatic rings. The molecule has 1 unspecified atom stereocenters. The topological polar surface area (TPSA) is 85.7 Å². The number of aryl methyl sites for hydroxylation is 2. The number of hydrogen-bond donors (Lipinski definition) is 2. The molecule has 0 saturated heterocycles. The summed E-state index contributed by atoms with van der Waals surface area (Å²) in [5.74, 6) is 1.30. The first-order valence-corrected chi connectivity index (χ1v) is 6.63. The van der Waals surface area contributed by atoms with E-state index in [1.54, 1.807) is 7.11 Å². The van der Waals surface area contributed by atoms with Crippen LogP contribution >= 0.6 is 24.0 Å². The van der Waals surface area contributed by atoms with E-state index < -0.39 is 0 Å². The Bertz CT molecular complexity index is 399. The van der Waals surface area contributed by atoms with E-state index >= 15 is 0 Å². The second-order valence-electron chi connectivity index (χ2n) is 4.44. The van der Waals surface area contributed by atoms with Crippen molar-refractivity contribution in [3.63, 3.8) is 0 Å². The highest BCUT2D eigenvalue weighted by molar-refractivity contribution is 14.0. The minimum Gasteiger partial charge on any atom is -0.383 e. The molecule has 0 amide bonds. The van der Waals surface area contributed by atoms with E-state index in [9.17, 15) is 0 Å². The van der Waals surface area contributed by atoms with Gasteiger partial charge in [0.15, 0.2) is 5.96 Å². The number of rotatable bonds is 7. The Labute approximate surface area is 137 Å². The summed E-state index contributed by atoms with van der Waals surface area (Å²) >= 11 is 0. The largest absolute Gasteiger partial charge is 0.383 e. The Balaban J connectivity index is 0.00000361. The van der Waals surface area contributed by atoms with E-state index in [0.29, 0.717) is 19.1 Å². The van der Waals surface area contributed by atoms with Crippen LogP contribution < -0.4 is 11.1 Å². The van der Waals surface area contributed by atoms with E-state index in [-0.39, 0.29) is 30.0 Å². The lowest BCUT2D eigenvalue weighted by atomic mass is 10.1. The fourth-order valence-electron chi connectivity index (χ4n) is 1.87. The molecule has 3 N–H and O–H groups in total. The number of ether oxygens (including phenoxy) is 1. The Morgan fingerprint density at radius 2 is 2.15 bits per heavy atom. The molecule has 0 saturated carbocycles. The molecule has 7 heteroatoms. The molecule has 1 heterocycles. The quantitative estimate of drug-likeness (QED) is 0.418. The van der Waals surface area contributed by atoms with Crippen LogP contribution in [0, 0.1) is 0 Å². The zero-order valence-electron chi connectivity index (χ0n) is 12.6. The molecular formula is C13H25IN4O2. The van der Waals surface area contributed by atoms with Crippen LogP contribution in [0.15, 0.2) is 9.52 Å². The first-order chi connectivity index (χ1) is 9.12. The Morgan fingerprint density at radius 1 is 1.45 bits per heavy atom. The van der Waals surface area contributed by atoms with E-state index in [4.69, 9.17) is 15.0 Å². The van der Waals surface area contributed by atoms with Crippen molar-refractivity contribution in [1.29, 1.82) is 0 Å². The summed E-state index contributed by atoms with van der Waals surface area (Å²) in [6, 6.07) is 0.132. The smallest absolute Gasteiger partial charge is 0.189 e. The van der Waals surface area contributed by atoms with E-state index in [1.807, 2.05) is 20.8 Å². The predicted octanol–water partition coefficient (Wildman–Crippen LogP) is 1.86. The number of aromatic nitrogens is 1. The number of halogens is 1. The van der Waals surface area contributed by atoms with Crippen LogP contribution in [0.2, 0.25) is 0 Å². The zero-order chi connectivity index (χ0) is 14.3. The Morgan fingerprint density at radius 3 is 2.70 bits per heavy atom. The molecule has 0 radical (unpaired) electrons.